The maximum absolute atomic E-state index is 12.5. The number of hydrogen-bond acceptors (Lipinski definition) is 5. The number of anilines is 1. The molecule has 1 unspecified atom stereocenters. The van der Waals surface area contributed by atoms with Crippen molar-refractivity contribution >= 4 is 21.6 Å². The molecule has 2 heterocycles. The lowest BCUT2D eigenvalue weighted by Crippen LogP contribution is -2.45. The third-order valence-corrected chi connectivity index (χ3v) is 7.63. The standard InChI is InChI=1S/C20H32N4O3S/c1-3-28(26,27)24-10-4-5-18(16-24)20(25)21-15-17-6-8-19(9-7-17)23-13-11-22(2)12-14-23/h6-9,18H,3-5,10-16H2,1-2H3,(H,21,25). The Bertz CT molecular complexity index is 758. The molecule has 1 atom stereocenters. The van der Waals surface area contributed by atoms with Crippen LogP contribution in [-0.2, 0) is 21.4 Å². The highest BCUT2D eigenvalue weighted by Crippen LogP contribution is 2.20. The summed E-state index contributed by atoms with van der Waals surface area (Å²) >= 11 is 0. The van der Waals surface area contributed by atoms with E-state index in [1.165, 1.54) is 9.99 Å². The van der Waals surface area contributed by atoms with E-state index in [1.807, 2.05) is 0 Å². The molecule has 28 heavy (non-hydrogen) atoms. The predicted molar refractivity (Wildman–Crippen MR) is 112 cm³/mol. The van der Waals surface area contributed by atoms with Crippen molar-refractivity contribution in [2.24, 2.45) is 5.92 Å². The first kappa shape index (κ1) is 21.1. The Morgan fingerprint density at radius 3 is 2.43 bits per heavy atom. The molecule has 0 aromatic heterocycles. The lowest BCUT2D eigenvalue weighted by atomic mass is 9.98. The van der Waals surface area contributed by atoms with Gasteiger partial charge in [0.25, 0.3) is 0 Å². The number of nitrogens with one attached hydrogen (secondary N) is 1. The lowest BCUT2D eigenvalue weighted by Gasteiger charge is -2.34. The van der Waals surface area contributed by atoms with Gasteiger partial charge in [-0.05, 0) is 44.5 Å². The Labute approximate surface area is 168 Å². The summed E-state index contributed by atoms with van der Waals surface area (Å²) < 4.78 is 25.6. The minimum Gasteiger partial charge on any atom is -0.369 e. The maximum Gasteiger partial charge on any atom is 0.224 e. The highest BCUT2D eigenvalue weighted by Gasteiger charge is 2.31. The van der Waals surface area contributed by atoms with Crippen molar-refractivity contribution in [2.45, 2.75) is 26.3 Å². The molecule has 0 radical (unpaired) electrons. The molecule has 2 saturated heterocycles. The number of sulfonamides is 1. The molecule has 1 amide bonds. The van der Waals surface area contributed by atoms with Crippen molar-refractivity contribution in [3.05, 3.63) is 29.8 Å². The van der Waals surface area contributed by atoms with Crippen LogP contribution >= 0.6 is 0 Å². The molecule has 0 bridgehead atoms. The first-order valence-corrected chi connectivity index (χ1v) is 11.8. The fourth-order valence-electron chi connectivity index (χ4n) is 3.81. The van der Waals surface area contributed by atoms with Crippen LogP contribution in [-0.4, -0.2) is 75.6 Å². The molecule has 2 fully saturated rings. The minimum absolute atomic E-state index is 0.0563. The molecule has 1 aromatic carbocycles. The van der Waals surface area contributed by atoms with Crippen LogP contribution in [0.25, 0.3) is 0 Å². The van der Waals surface area contributed by atoms with Gasteiger partial charge in [0.2, 0.25) is 15.9 Å². The molecular formula is C20H32N4O3S. The summed E-state index contributed by atoms with van der Waals surface area (Å²) in [7, 11) is -1.08. The number of carbonyl (C=O) groups is 1. The molecule has 1 N–H and O–H groups in total. The fourth-order valence-corrected chi connectivity index (χ4v) is 4.99. The van der Waals surface area contributed by atoms with E-state index in [1.54, 1.807) is 6.92 Å². The van der Waals surface area contributed by atoms with E-state index in [-0.39, 0.29) is 17.6 Å². The van der Waals surface area contributed by atoms with Crippen LogP contribution in [0, 0.1) is 5.92 Å². The third kappa shape index (κ3) is 5.24. The number of hydrogen-bond donors (Lipinski definition) is 1. The van der Waals surface area contributed by atoms with Crippen LogP contribution in [0.5, 0.6) is 0 Å². The molecule has 0 aliphatic carbocycles. The molecule has 0 saturated carbocycles. The second kappa shape index (κ2) is 9.24. The number of piperazine rings is 1. The van der Waals surface area contributed by atoms with Gasteiger partial charge < -0.3 is 15.1 Å². The van der Waals surface area contributed by atoms with Crippen LogP contribution in [0.2, 0.25) is 0 Å². The largest absolute Gasteiger partial charge is 0.369 e. The van der Waals surface area contributed by atoms with E-state index >= 15 is 0 Å². The van der Waals surface area contributed by atoms with E-state index in [0.717, 1.165) is 44.6 Å². The van der Waals surface area contributed by atoms with E-state index in [4.69, 9.17) is 0 Å². The van der Waals surface area contributed by atoms with Crippen molar-refractivity contribution in [1.82, 2.24) is 14.5 Å². The van der Waals surface area contributed by atoms with Gasteiger partial charge in [0.15, 0.2) is 0 Å². The average molecular weight is 409 g/mol. The summed E-state index contributed by atoms with van der Waals surface area (Å²) in [4.78, 5) is 17.2. The van der Waals surface area contributed by atoms with Crippen LogP contribution in [0.3, 0.4) is 0 Å². The van der Waals surface area contributed by atoms with Gasteiger partial charge in [-0.2, -0.15) is 0 Å². The van der Waals surface area contributed by atoms with Gasteiger partial charge in [-0.25, -0.2) is 12.7 Å². The lowest BCUT2D eigenvalue weighted by molar-refractivity contribution is -0.126. The zero-order valence-corrected chi connectivity index (χ0v) is 17.7. The quantitative estimate of drug-likeness (QED) is 0.764. The molecule has 2 aliphatic rings. The Balaban J connectivity index is 1.50. The highest BCUT2D eigenvalue weighted by atomic mass is 32.2. The van der Waals surface area contributed by atoms with E-state index in [2.05, 4.69) is 46.4 Å². The number of carbonyl (C=O) groups excluding carboxylic acids is 1. The fraction of sp³-hybridized carbons (Fsp3) is 0.650. The maximum atomic E-state index is 12.5. The van der Waals surface area contributed by atoms with Gasteiger partial charge >= 0.3 is 0 Å². The monoisotopic (exact) mass is 408 g/mol. The second-order valence-corrected chi connectivity index (χ2v) is 10.0. The van der Waals surface area contributed by atoms with Crippen molar-refractivity contribution in [1.29, 1.82) is 0 Å². The van der Waals surface area contributed by atoms with Gasteiger partial charge in [0.05, 0.1) is 11.7 Å². The minimum atomic E-state index is -3.23. The Kier molecular flexibility index (Phi) is 6.95. The predicted octanol–water partition coefficient (Wildman–Crippen LogP) is 1.12. The van der Waals surface area contributed by atoms with Crippen LogP contribution < -0.4 is 10.2 Å². The molecule has 1 aromatic rings. The SMILES string of the molecule is CCS(=O)(=O)N1CCCC(C(=O)NCc2ccc(N3CCN(C)CC3)cc2)C1. The summed E-state index contributed by atoms with van der Waals surface area (Å²) in [6, 6.07) is 8.34. The Hall–Kier alpha value is -1.64. The van der Waals surface area contributed by atoms with E-state index in [9.17, 15) is 13.2 Å². The van der Waals surface area contributed by atoms with Crippen molar-refractivity contribution in [3.8, 4) is 0 Å². The summed E-state index contributed by atoms with van der Waals surface area (Å²) in [6.45, 7) is 7.15. The van der Waals surface area contributed by atoms with Crippen LogP contribution in [0.1, 0.15) is 25.3 Å². The first-order valence-electron chi connectivity index (χ1n) is 10.2. The second-order valence-electron chi connectivity index (χ2n) is 7.77. The zero-order valence-electron chi connectivity index (χ0n) is 16.9. The average Bonchev–Trinajstić information content (AvgIpc) is 2.73. The van der Waals surface area contributed by atoms with Gasteiger partial charge in [0, 0.05) is 51.5 Å². The Morgan fingerprint density at radius 2 is 1.79 bits per heavy atom. The smallest absolute Gasteiger partial charge is 0.224 e. The summed E-state index contributed by atoms with van der Waals surface area (Å²) in [5.41, 5.74) is 2.27. The normalized spacial score (nSPS) is 22.2. The van der Waals surface area contributed by atoms with E-state index in [0.29, 0.717) is 19.6 Å². The van der Waals surface area contributed by atoms with Gasteiger partial charge in [0.1, 0.15) is 0 Å². The summed E-state index contributed by atoms with van der Waals surface area (Å²) in [5, 5.41) is 2.98. The number of piperidine rings is 1. The van der Waals surface area contributed by atoms with Gasteiger partial charge in [-0.15, -0.1) is 0 Å². The summed E-state index contributed by atoms with van der Waals surface area (Å²) in [6.07, 6.45) is 1.47. The molecule has 2 aliphatic heterocycles. The highest BCUT2D eigenvalue weighted by molar-refractivity contribution is 7.89. The molecule has 156 valence electrons. The number of nitrogens with zero attached hydrogens (tertiary/aromatic N) is 3. The number of rotatable bonds is 6. The van der Waals surface area contributed by atoms with E-state index < -0.39 is 10.0 Å². The van der Waals surface area contributed by atoms with Gasteiger partial charge in [-0.1, -0.05) is 12.1 Å². The number of likely N-dealkylation sites (N-methyl/N-ethyl adjacent to an activating group) is 1. The van der Waals surface area contributed by atoms with Crippen molar-refractivity contribution in [3.63, 3.8) is 0 Å². The summed E-state index contributed by atoms with van der Waals surface area (Å²) in [5.74, 6) is -0.236. The van der Waals surface area contributed by atoms with Gasteiger partial charge in [-0.3, -0.25) is 4.79 Å². The molecule has 0 spiro atoms. The molecule has 3 rings (SSSR count). The zero-order chi connectivity index (χ0) is 20.1. The first-order chi connectivity index (χ1) is 13.4. The van der Waals surface area contributed by atoms with Crippen molar-refractivity contribution < 1.29 is 13.2 Å². The molecular weight excluding hydrogens is 376 g/mol. The Morgan fingerprint density at radius 1 is 1.11 bits per heavy atom. The van der Waals surface area contributed by atoms with Crippen molar-refractivity contribution in [2.75, 3.05) is 57.0 Å². The molecule has 7 nitrogen and oxygen atoms in total. The van der Waals surface area contributed by atoms with Crippen LogP contribution in [0.4, 0.5) is 5.69 Å². The van der Waals surface area contributed by atoms with Crippen LogP contribution in [0.15, 0.2) is 24.3 Å². The third-order valence-electron chi connectivity index (χ3n) is 5.78. The molecule has 8 heteroatoms. The topological polar surface area (TPSA) is 73.0 Å². The number of amides is 1. The number of benzene rings is 1.